The van der Waals surface area contributed by atoms with Gasteiger partial charge in [0.2, 0.25) is 5.95 Å². The summed E-state index contributed by atoms with van der Waals surface area (Å²) in [5.74, 6) is 0.205. The largest absolute Gasteiger partial charge is 0.351 e. The molecule has 1 aliphatic rings. The average Bonchev–Trinajstić information content (AvgIpc) is 3.08. The Morgan fingerprint density at radius 3 is 2.46 bits per heavy atom. The first-order valence-electron chi connectivity index (χ1n) is 8.13. The fourth-order valence-corrected chi connectivity index (χ4v) is 2.79. The summed E-state index contributed by atoms with van der Waals surface area (Å²) in [5.41, 5.74) is 1.50. The number of carbonyl (C=O) groups excluding carboxylic acids is 2. The summed E-state index contributed by atoms with van der Waals surface area (Å²) >= 11 is 0. The van der Waals surface area contributed by atoms with Gasteiger partial charge in [0.25, 0.3) is 5.91 Å². The lowest BCUT2D eigenvalue weighted by molar-refractivity contribution is 0.101. The highest BCUT2D eigenvalue weighted by molar-refractivity contribution is 6.04. The predicted molar refractivity (Wildman–Crippen MR) is 92.3 cm³/mol. The van der Waals surface area contributed by atoms with Gasteiger partial charge in [-0.15, -0.1) is 0 Å². The molecular formula is C18H20N4O2. The van der Waals surface area contributed by atoms with Crippen LogP contribution >= 0.6 is 0 Å². The molecule has 0 saturated heterocycles. The van der Waals surface area contributed by atoms with Crippen molar-refractivity contribution in [2.45, 2.75) is 38.6 Å². The van der Waals surface area contributed by atoms with Gasteiger partial charge >= 0.3 is 0 Å². The van der Waals surface area contributed by atoms with Crippen molar-refractivity contribution in [2.24, 2.45) is 0 Å². The van der Waals surface area contributed by atoms with E-state index in [1.165, 1.54) is 32.2 Å². The van der Waals surface area contributed by atoms with Gasteiger partial charge in [-0.2, -0.15) is 0 Å². The highest BCUT2D eigenvalue weighted by atomic mass is 16.1. The maximum Gasteiger partial charge on any atom is 0.258 e. The summed E-state index contributed by atoms with van der Waals surface area (Å²) in [7, 11) is 0. The van der Waals surface area contributed by atoms with Crippen LogP contribution in [0.25, 0.3) is 0 Å². The maximum absolute atomic E-state index is 12.3. The zero-order valence-electron chi connectivity index (χ0n) is 13.6. The molecule has 1 aliphatic carbocycles. The van der Waals surface area contributed by atoms with E-state index in [0.29, 0.717) is 28.8 Å². The van der Waals surface area contributed by atoms with Crippen molar-refractivity contribution in [2.75, 3.05) is 10.6 Å². The summed E-state index contributed by atoms with van der Waals surface area (Å²) in [6, 6.07) is 7.26. The van der Waals surface area contributed by atoms with Crippen LogP contribution in [-0.2, 0) is 0 Å². The topological polar surface area (TPSA) is 84.0 Å². The lowest BCUT2D eigenvalue weighted by Crippen LogP contribution is -2.18. The number of nitrogens with one attached hydrogen (secondary N) is 2. The number of amides is 1. The first-order valence-corrected chi connectivity index (χ1v) is 8.13. The lowest BCUT2D eigenvalue weighted by Gasteiger charge is -2.11. The van der Waals surface area contributed by atoms with E-state index in [0.717, 1.165) is 12.8 Å². The average molecular weight is 324 g/mol. The number of anilines is 2. The number of carbonyl (C=O) groups is 2. The molecule has 1 fully saturated rings. The molecule has 2 N–H and O–H groups in total. The van der Waals surface area contributed by atoms with E-state index in [9.17, 15) is 9.59 Å². The second-order valence-electron chi connectivity index (χ2n) is 6.01. The molecular weight excluding hydrogens is 304 g/mol. The second kappa shape index (κ2) is 7.21. The Labute approximate surface area is 140 Å². The second-order valence-corrected chi connectivity index (χ2v) is 6.01. The third-order valence-corrected chi connectivity index (χ3v) is 4.13. The fourth-order valence-electron chi connectivity index (χ4n) is 2.79. The molecule has 0 atom stereocenters. The van der Waals surface area contributed by atoms with Crippen molar-refractivity contribution < 1.29 is 9.59 Å². The van der Waals surface area contributed by atoms with E-state index in [4.69, 9.17) is 0 Å². The van der Waals surface area contributed by atoms with E-state index in [2.05, 4.69) is 20.6 Å². The Hall–Kier alpha value is -2.76. The SMILES string of the molecule is CC(=O)c1cccc(NC(=O)c2cnc(NC3CCCC3)nc2)c1. The molecule has 6 nitrogen and oxygen atoms in total. The van der Waals surface area contributed by atoms with Gasteiger partial charge in [-0.25, -0.2) is 9.97 Å². The third kappa shape index (κ3) is 3.95. The Morgan fingerprint density at radius 2 is 1.79 bits per heavy atom. The number of rotatable bonds is 5. The summed E-state index contributed by atoms with van der Waals surface area (Å²) in [5, 5.41) is 6.04. The maximum atomic E-state index is 12.3. The Bertz CT molecular complexity index is 737. The quantitative estimate of drug-likeness (QED) is 0.825. The number of benzene rings is 1. The molecule has 1 aromatic heterocycles. The van der Waals surface area contributed by atoms with Crippen LogP contribution in [0, 0.1) is 0 Å². The molecule has 0 bridgehead atoms. The lowest BCUT2D eigenvalue weighted by atomic mass is 10.1. The fraction of sp³-hybridized carbons (Fsp3) is 0.333. The van der Waals surface area contributed by atoms with Crippen LogP contribution in [0.1, 0.15) is 53.3 Å². The molecule has 24 heavy (non-hydrogen) atoms. The molecule has 1 heterocycles. The van der Waals surface area contributed by atoms with Crippen molar-refractivity contribution in [1.82, 2.24) is 9.97 Å². The Morgan fingerprint density at radius 1 is 1.08 bits per heavy atom. The van der Waals surface area contributed by atoms with Crippen molar-refractivity contribution in [3.05, 3.63) is 47.8 Å². The molecule has 3 rings (SSSR count). The number of hydrogen-bond donors (Lipinski definition) is 2. The molecule has 0 unspecified atom stereocenters. The van der Waals surface area contributed by atoms with Crippen LogP contribution in [-0.4, -0.2) is 27.7 Å². The minimum Gasteiger partial charge on any atom is -0.351 e. The molecule has 0 radical (unpaired) electrons. The van der Waals surface area contributed by atoms with Gasteiger partial charge in [0.1, 0.15) is 0 Å². The van der Waals surface area contributed by atoms with Gasteiger partial charge in [0, 0.05) is 29.7 Å². The first-order chi connectivity index (χ1) is 11.6. The van der Waals surface area contributed by atoms with E-state index in [-0.39, 0.29) is 11.7 Å². The minimum atomic E-state index is -0.303. The molecule has 1 aromatic carbocycles. The minimum absolute atomic E-state index is 0.0447. The van der Waals surface area contributed by atoms with Crippen molar-refractivity contribution in [1.29, 1.82) is 0 Å². The van der Waals surface area contributed by atoms with Crippen molar-refractivity contribution in [3.8, 4) is 0 Å². The molecule has 1 amide bonds. The monoisotopic (exact) mass is 324 g/mol. The third-order valence-electron chi connectivity index (χ3n) is 4.13. The molecule has 124 valence electrons. The van der Waals surface area contributed by atoms with Crippen LogP contribution < -0.4 is 10.6 Å². The number of ketones is 1. The van der Waals surface area contributed by atoms with Crippen molar-refractivity contribution >= 4 is 23.3 Å². The molecule has 0 aliphatic heterocycles. The van der Waals surface area contributed by atoms with Gasteiger partial charge in [-0.3, -0.25) is 9.59 Å². The number of Topliss-reactive ketones (excluding diaryl/α,β-unsaturated/α-hetero) is 1. The van der Waals surface area contributed by atoms with Gasteiger partial charge in [-0.05, 0) is 31.9 Å². The number of hydrogen-bond acceptors (Lipinski definition) is 5. The Kier molecular flexibility index (Phi) is 4.84. The standard InChI is InChI=1S/C18H20N4O2/c1-12(23)13-5-4-8-16(9-13)21-17(24)14-10-19-18(20-11-14)22-15-6-2-3-7-15/h4-5,8-11,15H,2-3,6-7H2,1H3,(H,21,24)(H,19,20,22). The van der Waals surface area contributed by atoms with E-state index in [1.54, 1.807) is 24.3 Å². The number of nitrogens with zero attached hydrogens (tertiary/aromatic N) is 2. The molecule has 2 aromatic rings. The van der Waals surface area contributed by atoms with Gasteiger partial charge in [0.15, 0.2) is 5.78 Å². The van der Waals surface area contributed by atoms with Gasteiger partial charge in [0.05, 0.1) is 5.56 Å². The highest BCUT2D eigenvalue weighted by Crippen LogP contribution is 2.20. The zero-order chi connectivity index (χ0) is 16.9. The highest BCUT2D eigenvalue weighted by Gasteiger charge is 2.16. The van der Waals surface area contributed by atoms with Crippen LogP contribution in [0.5, 0.6) is 0 Å². The predicted octanol–water partition coefficient (Wildman–Crippen LogP) is 3.29. The number of aromatic nitrogens is 2. The smallest absolute Gasteiger partial charge is 0.258 e. The summed E-state index contributed by atoms with van der Waals surface area (Å²) in [6.45, 7) is 1.49. The Balaban J connectivity index is 1.64. The van der Waals surface area contributed by atoms with Crippen LogP contribution in [0.2, 0.25) is 0 Å². The van der Waals surface area contributed by atoms with E-state index >= 15 is 0 Å². The van der Waals surface area contributed by atoms with Gasteiger partial charge in [-0.1, -0.05) is 25.0 Å². The molecule has 1 saturated carbocycles. The first kappa shape index (κ1) is 16.1. The normalized spacial score (nSPS) is 14.4. The van der Waals surface area contributed by atoms with Crippen molar-refractivity contribution in [3.63, 3.8) is 0 Å². The van der Waals surface area contributed by atoms with Gasteiger partial charge < -0.3 is 10.6 Å². The zero-order valence-corrected chi connectivity index (χ0v) is 13.6. The van der Waals surface area contributed by atoms with E-state index < -0.39 is 0 Å². The van der Waals surface area contributed by atoms with Crippen LogP contribution in [0.15, 0.2) is 36.7 Å². The summed E-state index contributed by atoms with van der Waals surface area (Å²) in [4.78, 5) is 32.1. The molecule has 6 heteroatoms. The van der Waals surface area contributed by atoms with Crippen LogP contribution in [0.3, 0.4) is 0 Å². The van der Waals surface area contributed by atoms with E-state index in [1.807, 2.05) is 0 Å². The van der Waals surface area contributed by atoms with Crippen LogP contribution in [0.4, 0.5) is 11.6 Å². The summed E-state index contributed by atoms with van der Waals surface area (Å²) < 4.78 is 0. The molecule has 0 spiro atoms. The summed E-state index contributed by atoms with van der Waals surface area (Å²) in [6.07, 6.45) is 7.76.